The maximum Gasteiger partial charge on any atom is 0.344 e. The van der Waals surface area contributed by atoms with Gasteiger partial charge in [-0.05, 0) is 30.2 Å². The lowest BCUT2D eigenvalue weighted by Crippen LogP contribution is -2.03. The molecular weight excluding hydrogens is 356 g/mol. The van der Waals surface area contributed by atoms with Crippen molar-refractivity contribution in [3.05, 3.63) is 82.2 Å². The van der Waals surface area contributed by atoms with Gasteiger partial charge < -0.3 is 19.0 Å². The summed E-state index contributed by atoms with van der Waals surface area (Å²) in [6.07, 6.45) is -0.664. The fraction of sp³-hybridized carbons (Fsp3) is 0.174. The van der Waals surface area contributed by atoms with Gasteiger partial charge in [0, 0.05) is 16.8 Å². The Bertz CT molecular complexity index is 1190. The maximum atomic E-state index is 12.5. The third-order valence-corrected chi connectivity index (χ3v) is 4.74. The van der Waals surface area contributed by atoms with Crippen LogP contribution in [0.5, 0.6) is 11.5 Å². The van der Waals surface area contributed by atoms with Gasteiger partial charge in [-0.1, -0.05) is 42.5 Å². The van der Waals surface area contributed by atoms with Gasteiger partial charge in [0.2, 0.25) is 0 Å². The smallest absolute Gasteiger partial charge is 0.344 e. The molecule has 1 atom stereocenters. The van der Waals surface area contributed by atoms with Crippen LogP contribution < -0.4 is 15.1 Å². The van der Waals surface area contributed by atoms with Crippen LogP contribution >= 0.6 is 0 Å². The van der Waals surface area contributed by atoms with Gasteiger partial charge >= 0.3 is 5.63 Å². The van der Waals surface area contributed by atoms with Crippen molar-refractivity contribution in [1.29, 1.82) is 0 Å². The summed E-state index contributed by atoms with van der Waals surface area (Å²) in [6.45, 7) is 2.03. The second-order valence-electron chi connectivity index (χ2n) is 6.64. The second-order valence-corrected chi connectivity index (χ2v) is 6.64. The molecule has 3 aromatic carbocycles. The van der Waals surface area contributed by atoms with E-state index >= 15 is 0 Å². The normalized spacial score (nSPS) is 12.2. The summed E-state index contributed by atoms with van der Waals surface area (Å²) in [5.74, 6) is 1.06. The fourth-order valence-corrected chi connectivity index (χ4v) is 3.22. The zero-order valence-electron chi connectivity index (χ0n) is 15.6. The van der Waals surface area contributed by atoms with Crippen LogP contribution in [0.3, 0.4) is 0 Å². The molecule has 28 heavy (non-hydrogen) atoms. The summed E-state index contributed by atoms with van der Waals surface area (Å²) >= 11 is 0. The largest absolute Gasteiger partial charge is 0.493 e. The quantitative estimate of drug-likeness (QED) is 0.408. The number of benzene rings is 3. The number of aliphatic hydroxyl groups is 1. The molecule has 0 fully saturated rings. The number of fused-ring (bicyclic) bond motifs is 3. The van der Waals surface area contributed by atoms with Crippen LogP contribution in [0.15, 0.2) is 69.9 Å². The van der Waals surface area contributed by atoms with Crippen molar-refractivity contribution in [2.24, 2.45) is 0 Å². The van der Waals surface area contributed by atoms with Gasteiger partial charge in [-0.2, -0.15) is 0 Å². The Labute approximate surface area is 161 Å². The van der Waals surface area contributed by atoms with E-state index in [2.05, 4.69) is 0 Å². The first-order valence-electron chi connectivity index (χ1n) is 9.00. The van der Waals surface area contributed by atoms with E-state index in [0.29, 0.717) is 34.6 Å². The van der Waals surface area contributed by atoms with E-state index < -0.39 is 11.7 Å². The molecule has 0 aliphatic heterocycles. The number of hydrogen-bond acceptors (Lipinski definition) is 5. The summed E-state index contributed by atoms with van der Waals surface area (Å²) in [5, 5.41) is 11.7. The SMILES string of the molecule is COc1cc2c(cc1OCc1ccccc1)oc(=O)c1cc(C(C)O)ccc12. The summed E-state index contributed by atoms with van der Waals surface area (Å²) in [5.41, 5.74) is 1.65. The molecule has 0 aliphatic carbocycles. The molecular formula is C23H20O5. The van der Waals surface area contributed by atoms with Crippen molar-refractivity contribution in [2.45, 2.75) is 19.6 Å². The van der Waals surface area contributed by atoms with Gasteiger partial charge in [0.15, 0.2) is 11.5 Å². The molecule has 142 valence electrons. The molecule has 1 unspecified atom stereocenters. The molecule has 4 rings (SSSR count). The summed E-state index contributed by atoms with van der Waals surface area (Å²) in [4.78, 5) is 12.5. The molecule has 1 heterocycles. The average Bonchev–Trinajstić information content (AvgIpc) is 2.72. The monoisotopic (exact) mass is 376 g/mol. The minimum atomic E-state index is -0.664. The standard InChI is InChI=1S/C23H20O5/c1-14(24)16-8-9-17-18-11-21(26-2)22(27-13-15-6-4-3-5-7-15)12-20(18)28-23(25)19(17)10-16/h3-12,14,24H,13H2,1-2H3. The highest BCUT2D eigenvalue weighted by molar-refractivity contribution is 6.05. The number of rotatable bonds is 5. The lowest BCUT2D eigenvalue weighted by atomic mass is 10.0. The molecule has 0 bridgehead atoms. The topological polar surface area (TPSA) is 68.9 Å². The Morgan fingerprint density at radius 2 is 1.75 bits per heavy atom. The van der Waals surface area contributed by atoms with E-state index in [-0.39, 0.29) is 0 Å². The second kappa shape index (κ2) is 7.37. The summed E-state index contributed by atoms with van der Waals surface area (Å²) in [6, 6.07) is 18.6. The van der Waals surface area contributed by atoms with E-state index in [0.717, 1.165) is 16.3 Å². The molecule has 5 heteroatoms. The van der Waals surface area contributed by atoms with E-state index in [4.69, 9.17) is 13.9 Å². The molecule has 1 N–H and O–H groups in total. The Kier molecular flexibility index (Phi) is 4.75. The summed E-state index contributed by atoms with van der Waals surface area (Å²) in [7, 11) is 1.57. The lowest BCUT2D eigenvalue weighted by Gasteiger charge is -2.13. The number of ether oxygens (including phenoxy) is 2. The van der Waals surface area contributed by atoms with Gasteiger partial charge in [-0.15, -0.1) is 0 Å². The van der Waals surface area contributed by atoms with Crippen LogP contribution in [0.2, 0.25) is 0 Å². The van der Waals surface area contributed by atoms with E-state index in [9.17, 15) is 9.90 Å². The van der Waals surface area contributed by atoms with Gasteiger partial charge in [0.25, 0.3) is 0 Å². The highest BCUT2D eigenvalue weighted by Gasteiger charge is 2.14. The highest BCUT2D eigenvalue weighted by atomic mass is 16.5. The molecule has 1 aromatic heterocycles. The fourth-order valence-electron chi connectivity index (χ4n) is 3.22. The molecule has 0 radical (unpaired) electrons. The molecule has 0 saturated carbocycles. The molecule has 4 aromatic rings. The zero-order chi connectivity index (χ0) is 19.7. The average molecular weight is 376 g/mol. The van der Waals surface area contributed by atoms with Crippen LogP contribution in [0.1, 0.15) is 24.2 Å². The Morgan fingerprint density at radius 3 is 2.46 bits per heavy atom. The van der Waals surface area contributed by atoms with Crippen molar-refractivity contribution in [3.63, 3.8) is 0 Å². The van der Waals surface area contributed by atoms with Gasteiger partial charge in [0.1, 0.15) is 12.2 Å². The van der Waals surface area contributed by atoms with Crippen LogP contribution in [0, 0.1) is 0 Å². The first kappa shape index (κ1) is 18.1. The van der Waals surface area contributed by atoms with E-state index in [1.807, 2.05) is 42.5 Å². The van der Waals surface area contributed by atoms with Crippen molar-refractivity contribution in [2.75, 3.05) is 7.11 Å². The first-order valence-corrected chi connectivity index (χ1v) is 9.00. The van der Waals surface area contributed by atoms with Crippen LogP contribution in [-0.2, 0) is 6.61 Å². The minimum Gasteiger partial charge on any atom is -0.493 e. The number of hydrogen-bond donors (Lipinski definition) is 1. The van der Waals surface area contributed by atoms with Crippen molar-refractivity contribution >= 4 is 21.7 Å². The molecule has 0 amide bonds. The van der Waals surface area contributed by atoms with Crippen molar-refractivity contribution in [3.8, 4) is 11.5 Å². The lowest BCUT2D eigenvalue weighted by molar-refractivity contribution is 0.199. The number of methoxy groups -OCH3 is 1. The van der Waals surface area contributed by atoms with Gasteiger partial charge in [-0.3, -0.25) is 0 Å². The maximum absolute atomic E-state index is 12.5. The molecule has 0 aliphatic rings. The molecule has 5 nitrogen and oxygen atoms in total. The Hall–Kier alpha value is -3.31. The predicted molar refractivity (Wildman–Crippen MR) is 108 cm³/mol. The Balaban J connectivity index is 1.82. The van der Waals surface area contributed by atoms with Crippen LogP contribution in [0.4, 0.5) is 0 Å². The molecule has 0 saturated heterocycles. The van der Waals surface area contributed by atoms with Crippen LogP contribution in [-0.4, -0.2) is 12.2 Å². The van der Waals surface area contributed by atoms with E-state index in [1.165, 1.54) is 0 Å². The third-order valence-electron chi connectivity index (χ3n) is 4.74. The first-order chi connectivity index (χ1) is 13.6. The highest BCUT2D eigenvalue weighted by Crippen LogP contribution is 2.35. The van der Waals surface area contributed by atoms with E-state index in [1.54, 1.807) is 32.2 Å². The zero-order valence-corrected chi connectivity index (χ0v) is 15.6. The van der Waals surface area contributed by atoms with Gasteiger partial charge in [0.05, 0.1) is 18.6 Å². The third kappa shape index (κ3) is 3.32. The van der Waals surface area contributed by atoms with Crippen molar-refractivity contribution < 1.29 is 19.0 Å². The molecule has 0 spiro atoms. The summed E-state index contributed by atoms with van der Waals surface area (Å²) < 4.78 is 16.9. The Morgan fingerprint density at radius 1 is 0.964 bits per heavy atom. The van der Waals surface area contributed by atoms with Gasteiger partial charge in [-0.25, -0.2) is 4.79 Å². The predicted octanol–water partition coefficient (Wildman–Crippen LogP) is 4.59. The van der Waals surface area contributed by atoms with Crippen molar-refractivity contribution in [1.82, 2.24) is 0 Å². The van der Waals surface area contributed by atoms with Crippen LogP contribution in [0.25, 0.3) is 21.7 Å². The number of aliphatic hydroxyl groups excluding tert-OH is 1. The minimum absolute atomic E-state index is 0.373.